The predicted octanol–water partition coefficient (Wildman–Crippen LogP) is 2.26. The van der Waals surface area contributed by atoms with Crippen molar-refractivity contribution < 1.29 is 9.53 Å². The first-order valence-electron chi connectivity index (χ1n) is 4.40. The minimum atomic E-state index is -0.223. The molecule has 0 atom stereocenters. The predicted molar refractivity (Wildman–Crippen MR) is 57.0 cm³/mol. The first kappa shape index (κ1) is 11.2. The van der Waals surface area contributed by atoms with Gasteiger partial charge in [-0.15, -0.1) is 0 Å². The Morgan fingerprint density at radius 3 is 2.93 bits per heavy atom. The Hall–Kier alpha value is -0.900. The van der Waals surface area contributed by atoms with E-state index in [-0.39, 0.29) is 12.4 Å². The first-order valence-corrected chi connectivity index (χ1v) is 5.19. The molecule has 0 aliphatic carbocycles. The van der Waals surface area contributed by atoms with Crippen molar-refractivity contribution in [1.82, 2.24) is 4.98 Å². The van der Waals surface area contributed by atoms with Gasteiger partial charge < -0.3 is 4.74 Å². The van der Waals surface area contributed by atoms with E-state index in [1.807, 2.05) is 13.0 Å². The summed E-state index contributed by atoms with van der Waals surface area (Å²) < 4.78 is 5.74. The number of esters is 1. The molecule has 0 radical (unpaired) electrons. The number of pyridine rings is 1. The molecule has 76 valence electrons. The summed E-state index contributed by atoms with van der Waals surface area (Å²) in [5.41, 5.74) is 1.78. The number of halogens is 1. The smallest absolute Gasteiger partial charge is 0.310 e. The molecule has 14 heavy (non-hydrogen) atoms. The fraction of sp³-hybridized carbons (Fsp3) is 0.400. The summed E-state index contributed by atoms with van der Waals surface area (Å²) in [6.07, 6.45) is 1.96. The number of nitrogens with zero attached hydrogens (tertiary/aromatic N) is 1. The van der Waals surface area contributed by atoms with Crippen LogP contribution in [0, 0.1) is 6.92 Å². The second kappa shape index (κ2) is 5.10. The van der Waals surface area contributed by atoms with Crippen molar-refractivity contribution in [2.24, 2.45) is 0 Å². The Bertz CT molecular complexity index is 339. The molecule has 0 spiro atoms. The summed E-state index contributed by atoms with van der Waals surface area (Å²) in [5, 5.41) is 0. The summed E-state index contributed by atoms with van der Waals surface area (Å²) in [6.45, 7) is 4.11. The molecule has 1 heterocycles. The first-order chi connectivity index (χ1) is 6.63. The van der Waals surface area contributed by atoms with Crippen LogP contribution in [0.5, 0.6) is 0 Å². The van der Waals surface area contributed by atoms with Crippen LogP contribution in [0.3, 0.4) is 0 Å². The zero-order chi connectivity index (χ0) is 10.6. The Morgan fingerprint density at radius 2 is 2.36 bits per heavy atom. The van der Waals surface area contributed by atoms with Gasteiger partial charge in [-0.2, -0.15) is 0 Å². The molecule has 0 aliphatic heterocycles. The molecule has 0 amide bonds. The Labute approximate surface area is 91.6 Å². The van der Waals surface area contributed by atoms with Crippen LogP contribution in [0.25, 0.3) is 0 Å². The van der Waals surface area contributed by atoms with E-state index in [0.29, 0.717) is 6.61 Å². The third kappa shape index (κ3) is 3.10. The lowest BCUT2D eigenvalue weighted by molar-refractivity contribution is -0.142. The fourth-order valence-corrected chi connectivity index (χ4v) is 1.63. The molecule has 0 aliphatic rings. The van der Waals surface area contributed by atoms with Gasteiger partial charge in [0.05, 0.1) is 13.0 Å². The number of rotatable bonds is 3. The number of carbonyl (C=O) groups is 1. The van der Waals surface area contributed by atoms with Gasteiger partial charge in [-0.3, -0.25) is 9.78 Å². The van der Waals surface area contributed by atoms with Crippen molar-refractivity contribution in [3.8, 4) is 0 Å². The van der Waals surface area contributed by atoms with Crippen LogP contribution in [-0.2, 0) is 16.0 Å². The standard InChI is InChI=1S/C10H12BrNO2/c1-3-14-10(13)5-8-6-12-7(2)4-9(8)11/h4,6H,3,5H2,1-2H3. The lowest BCUT2D eigenvalue weighted by Crippen LogP contribution is -2.08. The average molecular weight is 258 g/mol. The van der Waals surface area contributed by atoms with Crippen LogP contribution >= 0.6 is 15.9 Å². The molecule has 1 rings (SSSR count). The molecule has 0 fully saturated rings. The van der Waals surface area contributed by atoms with Gasteiger partial charge in [0.15, 0.2) is 0 Å². The molecule has 1 aromatic heterocycles. The van der Waals surface area contributed by atoms with Gasteiger partial charge in [-0.1, -0.05) is 15.9 Å². The summed E-state index contributed by atoms with van der Waals surface area (Å²) >= 11 is 3.38. The molecule has 0 saturated carbocycles. The molecule has 0 aromatic carbocycles. The van der Waals surface area contributed by atoms with Crippen LogP contribution in [0.15, 0.2) is 16.7 Å². The van der Waals surface area contributed by atoms with E-state index in [1.165, 1.54) is 0 Å². The van der Waals surface area contributed by atoms with Crippen molar-refractivity contribution in [1.29, 1.82) is 0 Å². The number of hydrogen-bond acceptors (Lipinski definition) is 3. The zero-order valence-electron chi connectivity index (χ0n) is 8.21. The van der Waals surface area contributed by atoms with E-state index in [0.717, 1.165) is 15.7 Å². The lowest BCUT2D eigenvalue weighted by Gasteiger charge is -2.04. The van der Waals surface area contributed by atoms with Gasteiger partial charge in [0.2, 0.25) is 0 Å². The van der Waals surface area contributed by atoms with Crippen LogP contribution in [0.2, 0.25) is 0 Å². The molecule has 4 heteroatoms. The minimum absolute atomic E-state index is 0.223. The van der Waals surface area contributed by atoms with E-state index < -0.39 is 0 Å². The second-order valence-electron chi connectivity index (χ2n) is 2.90. The van der Waals surface area contributed by atoms with Crippen molar-refractivity contribution in [3.63, 3.8) is 0 Å². The van der Waals surface area contributed by atoms with Crippen LogP contribution < -0.4 is 0 Å². The number of ether oxygens (including phenoxy) is 1. The Kier molecular flexibility index (Phi) is 4.07. The second-order valence-corrected chi connectivity index (χ2v) is 3.75. The van der Waals surface area contributed by atoms with Gasteiger partial charge >= 0.3 is 5.97 Å². The minimum Gasteiger partial charge on any atom is -0.466 e. The highest BCUT2D eigenvalue weighted by Gasteiger charge is 2.07. The lowest BCUT2D eigenvalue weighted by atomic mass is 10.2. The van der Waals surface area contributed by atoms with E-state index >= 15 is 0 Å². The highest BCUT2D eigenvalue weighted by Crippen LogP contribution is 2.17. The maximum absolute atomic E-state index is 11.2. The Morgan fingerprint density at radius 1 is 1.64 bits per heavy atom. The highest BCUT2D eigenvalue weighted by molar-refractivity contribution is 9.10. The van der Waals surface area contributed by atoms with Crippen molar-refractivity contribution in [2.75, 3.05) is 6.61 Å². The third-order valence-electron chi connectivity index (χ3n) is 1.71. The Balaban J connectivity index is 2.72. The number of aryl methyl sites for hydroxylation is 1. The molecule has 0 unspecified atom stereocenters. The normalized spacial score (nSPS) is 9.93. The molecular weight excluding hydrogens is 246 g/mol. The monoisotopic (exact) mass is 257 g/mol. The van der Waals surface area contributed by atoms with Gasteiger partial charge in [0.1, 0.15) is 0 Å². The van der Waals surface area contributed by atoms with Gasteiger partial charge in [0.25, 0.3) is 0 Å². The maximum atomic E-state index is 11.2. The molecule has 0 N–H and O–H groups in total. The average Bonchev–Trinajstić information content (AvgIpc) is 2.10. The van der Waals surface area contributed by atoms with Crippen LogP contribution in [0.1, 0.15) is 18.2 Å². The number of hydrogen-bond donors (Lipinski definition) is 0. The number of carbonyl (C=O) groups excluding carboxylic acids is 1. The zero-order valence-corrected chi connectivity index (χ0v) is 9.80. The van der Waals surface area contributed by atoms with Crippen LogP contribution in [-0.4, -0.2) is 17.6 Å². The quantitative estimate of drug-likeness (QED) is 0.780. The summed E-state index contributed by atoms with van der Waals surface area (Å²) in [4.78, 5) is 15.3. The van der Waals surface area contributed by atoms with Crippen LogP contribution in [0.4, 0.5) is 0 Å². The molecular formula is C10H12BrNO2. The van der Waals surface area contributed by atoms with Crippen molar-refractivity contribution >= 4 is 21.9 Å². The third-order valence-corrected chi connectivity index (χ3v) is 2.44. The van der Waals surface area contributed by atoms with E-state index in [2.05, 4.69) is 20.9 Å². The largest absolute Gasteiger partial charge is 0.466 e. The highest BCUT2D eigenvalue weighted by atomic mass is 79.9. The van der Waals surface area contributed by atoms with E-state index in [9.17, 15) is 4.79 Å². The summed E-state index contributed by atoms with van der Waals surface area (Å²) in [5.74, 6) is -0.223. The number of aromatic nitrogens is 1. The van der Waals surface area contributed by atoms with Crippen molar-refractivity contribution in [3.05, 3.63) is 28.0 Å². The molecule has 0 saturated heterocycles. The molecule has 3 nitrogen and oxygen atoms in total. The molecule has 0 bridgehead atoms. The van der Waals surface area contributed by atoms with E-state index in [1.54, 1.807) is 13.1 Å². The molecule has 1 aromatic rings. The summed E-state index contributed by atoms with van der Waals surface area (Å²) in [6, 6.07) is 1.88. The summed E-state index contributed by atoms with van der Waals surface area (Å²) in [7, 11) is 0. The maximum Gasteiger partial charge on any atom is 0.310 e. The van der Waals surface area contributed by atoms with Crippen molar-refractivity contribution in [2.45, 2.75) is 20.3 Å². The fourth-order valence-electron chi connectivity index (χ4n) is 1.05. The topological polar surface area (TPSA) is 39.2 Å². The van der Waals surface area contributed by atoms with E-state index in [4.69, 9.17) is 4.74 Å². The SMILES string of the molecule is CCOC(=O)Cc1cnc(C)cc1Br. The van der Waals surface area contributed by atoms with Gasteiger partial charge in [-0.25, -0.2) is 0 Å². The van der Waals surface area contributed by atoms with Gasteiger partial charge in [-0.05, 0) is 25.5 Å². The van der Waals surface area contributed by atoms with Gasteiger partial charge in [0, 0.05) is 16.4 Å².